The molecule has 0 fully saturated rings. The summed E-state index contributed by atoms with van der Waals surface area (Å²) >= 11 is 0. The summed E-state index contributed by atoms with van der Waals surface area (Å²) in [5, 5.41) is 5.93. The van der Waals surface area contributed by atoms with E-state index in [-0.39, 0.29) is 11.4 Å². The Morgan fingerprint density at radius 2 is 1.64 bits per heavy atom. The minimum Gasteiger partial charge on any atom is -0.497 e. The lowest BCUT2D eigenvalue weighted by molar-refractivity contribution is 0.395. The molecule has 0 bridgehead atoms. The van der Waals surface area contributed by atoms with Gasteiger partial charge in [-0.3, -0.25) is 14.6 Å². The zero-order valence-electron chi connectivity index (χ0n) is 13.8. The van der Waals surface area contributed by atoms with E-state index in [2.05, 4.69) is 15.6 Å². The topological polar surface area (TPSA) is 89.5 Å². The van der Waals surface area contributed by atoms with Gasteiger partial charge in [0.1, 0.15) is 22.9 Å². The van der Waals surface area contributed by atoms with Crippen LogP contribution in [0.3, 0.4) is 0 Å². The van der Waals surface area contributed by atoms with Gasteiger partial charge in [-0.15, -0.1) is 0 Å². The fourth-order valence-corrected chi connectivity index (χ4v) is 2.39. The molecule has 3 rings (SSSR count). The molecular formula is C18H17N3O4. The summed E-state index contributed by atoms with van der Waals surface area (Å²) in [5.74, 6) is 1.15. The standard InChI is InChI=1S/C18H17N3O4/c1-24-13-7-12(8-14(9-13)25-2)21-16-15(17(22)18(16)23)20-10-11-5-3-4-6-19-11/h3-9,20-21H,10H2,1-2H3. The van der Waals surface area contributed by atoms with Gasteiger partial charge in [-0.2, -0.15) is 0 Å². The fraction of sp³-hybridized carbons (Fsp3) is 0.167. The van der Waals surface area contributed by atoms with Crippen LogP contribution in [0.5, 0.6) is 11.5 Å². The molecule has 0 spiro atoms. The molecule has 0 atom stereocenters. The van der Waals surface area contributed by atoms with Crippen molar-refractivity contribution in [3.63, 3.8) is 0 Å². The van der Waals surface area contributed by atoms with Crippen LogP contribution in [0, 0.1) is 0 Å². The highest BCUT2D eigenvalue weighted by molar-refractivity contribution is 5.79. The molecule has 2 N–H and O–H groups in total. The molecule has 128 valence electrons. The minimum absolute atomic E-state index is 0.219. The zero-order valence-corrected chi connectivity index (χ0v) is 13.8. The first kappa shape index (κ1) is 16.5. The summed E-state index contributed by atoms with van der Waals surface area (Å²) in [7, 11) is 3.07. The Bertz CT molecular complexity index is 925. The van der Waals surface area contributed by atoms with E-state index < -0.39 is 10.9 Å². The van der Waals surface area contributed by atoms with E-state index in [0.717, 1.165) is 5.69 Å². The third kappa shape index (κ3) is 3.45. The summed E-state index contributed by atoms with van der Waals surface area (Å²) in [5.41, 5.74) is 0.709. The Balaban J connectivity index is 1.81. The average molecular weight is 339 g/mol. The number of rotatable bonds is 7. The maximum atomic E-state index is 11.9. The molecule has 0 saturated heterocycles. The van der Waals surface area contributed by atoms with Crippen molar-refractivity contribution < 1.29 is 9.47 Å². The third-order valence-corrected chi connectivity index (χ3v) is 3.70. The summed E-state index contributed by atoms with van der Waals surface area (Å²) in [6.07, 6.45) is 1.67. The Kier molecular flexibility index (Phi) is 4.65. The van der Waals surface area contributed by atoms with Crippen LogP contribution in [-0.4, -0.2) is 19.2 Å². The van der Waals surface area contributed by atoms with Crippen molar-refractivity contribution in [3.8, 4) is 11.5 Å². The number of hydrogen-bond donors (Lipinski definition) is 2. The minimum atomic E-state index is -0.565. The summed E-state index contributed by atoms with van der Waals surface area (Å²) in [4.78, 5) is 27.9. The van der Waals surface area contributed by atoms with E-state index in [1.54, 1.807) is 24.4 Å². The Labute approximate surface area is 143 Å². The highest BCUT2D eigenvalue weighted by Gasteiger charge is 2.21. The molecule has 0 aliphatic carbocycles. The van der Waals surface area contributed by atoms with Gasteiger partial charge in [-0.25, -0.2) is 0 Å². The van der Waals surface area contributed by atoms with E-state index >= 15 is 0 Å². The van der Waals surface area contributed by atoms with Crippen molar-refractivity contribution in [2.24, 2.45) is 0 Å². The first-order chi connectivity index (χ1) is 12.1. The number of anilines is 3. The smallest absolute Gasteiger partial charge is 0.253 e. The Morgan fingerprint density at radius 3 is 2.24 bits per heavy atom. The van der Waals surface area contributed by atoms with Gasteiger partial charge >= 0.3 is 0 Å². The maximum Gasteiger partial charge on any atom is 0.253 e. The van der Waals surface area contributed by atoms with E-state index in [1.807, 2.05) is 18.2 Å². The molecule has 7 heteroatoms. The maximum absolute atomic E-state index is 11.9. The Morgan fingerprint density at radius 1 is 0.960 bits per heavy atom. The lowest BCUT2D eigenvalue weighted by Gasteiger charge is -2.16. The lowest BCUT2D eigenvalue weighted by Crippen LogP contribution is -2.36. The normalized spacial score (nSPS) is 10.5. The number of ether oxygens (including phenoxy) is 2. The van der Waals surface area contributed by atoms with Crippen LogP contribution >= 0.6 is 0 Å². The van der Waals surface area contributed by atoms with Crippen molar-refractivity contribution in [1.29, 1.82) is 0 Å². The molecular weight excluding hydrogens is 322 g/mol. The highest BCUT2D eigenvalue weighted by Crippen LogP contribution is 2.29. The van der Waals surface area contributed by atoms with Gasteiger partial charge in [0.2, 0.25) is 0 Å². The molecule has 7 nitrogen and oxygen atoms in total. The number of pyridine rings is 1. The molecule has 0 unspecified atom stereocenters. The number of hydrogen-bond acceptors (Lipinski definition) is 7. The summed E-state index contributed by atoms with van der Waals surface area (Å²) < 4.78 is 10.4. The van der Waals surface area contributed by atoms with Gasteiger partial charge < -0.3 is 20.1 Å². The first-order valence-corrected chi connectivity index (χ1v) is 7.59. The van der Waals surface area contributed by atoms with Crippen LogP contribution < -0.4 is 31.0 Å². The molecule has 1 heterocycles. The fourth-order valence-electron chi connectivity index (χ4n) is 2.39. The molecule has 25 heavy (non-hydrogen) atoms. The number of methoxy groups -OCH3 is 2. The van der Waals surface area contributed by atoms with E-state index in [4.69, 9.17) is 9.47 Å². The first-order valence-electron chi connectivity index (χ1n) is 7.59. The van der Waals surface area contributed by atoms with Crippen LogP contribution in [0.2, 0.25) is 0 Å². The van der Waals surface area contributed by atoms with Gasteiger partial charge in [-0.05, 0) is 12.1 Å². The number of aromatic nitrogens is 1. The van der Waals surface area contributed by atoms with Crippen molar-refractivity contribution in [3.05, 3.63) is 68.7 Å². The quantitative estimate of drug-likeness (QED) is 0.637. The Hall–Kier alpha value is -3.35. The average Bonchev–Trinajstić information content (AvgIpc) is 2.67. The summed E-state index contributed by atoms with van der Waals surface area (Å²) in [6.45, 7) is 0.349. The van der Waals surface area contributed by atoms with Crippen molar-refractivity contribution in [1.82, 2.24) is 4.98 Å². The molecule has 2 aromatic carbocycles. The molecule has 0 saturated carbocycles. The third-order valence-electron chi connectivity index (χ3n) is 3.70. The second kappa shape index (κ2) is 7.04. The van der Waals surface area contributed by atoms with Crippen LogP contribution in [0.1, 0.15) is 5.69 Å². The molecule has 0 amide bonds. The number of benzene rings is 1. The van der Waals surface area contributed by atoms with Gasteiger partial charge in [0.25, 0.3) is 10.9 Å². The predicted molar refractivity (Wildman–Crippen MR) is 95.7 cm³/mol. The molecule has 0 radical (unpaired) electrons. The highest BCUT2D eigenvalue weighted by atomic mass is 16.5. The molecule has 0 aliphatic heterocycles. The summed E-state index contributed by atoms with van der Waals surface area (Å²) in [6, 6.07) is 10.6. The van der Waals surface area contributed by atoms with Gasteiger partial charge in [-0.1, -0.05) is 6.07 Å². The van der Waals surface area contributed by atoms with Gasteiger partial charge in [0.05, 0.1) is 26.5 Å². The number of nitrogens with one attached hydrogen (secondary N) is 2. The second-order valence-corrected chi connectivity index (χ2v) is 5.31. The van der Waals surface area contributed by atoms with E-state index in [0.29, 0.717) is 23.7 Å². The van der Waals surface area contributed by atoms with Crippen LogP contribution in [0.25, 0.3) is 0 Å². The van der Waals surface area contributed by atoms with Gasteiger partial charge in [0.15, 0.2) is 0 Å². The van der Waals surface area contributed by atoms with Crippen molar-refractivity contribution >= 4 is 17.1 Å². The number of nitrogens with zero attached hydrogens (tertiary/aromatic N) is 1. The SMILES string of the molecule is COc1cc(Nc2c(NCc3ccccn3)c(=O)c2=O)cc(OC)c1. The van der Waals surface area contributed by atoms with E-state index in [9.17, 15) is 9.59 Å². The lowest BCUT2D eigenvalue weighted by atomic mass is 10.1. The molecule has 3 aromatic rings. The van der Waals surface area contributed by atoms with Crippen molar-refractivity contribution in [2.45, 2.75) is 6.54 Å². The zero-order chi connectivity index (χ0) is 17.8. The molecule has 1 aromatic heterocycles. The van der Waals surface area contributed by atoms with Crippen LogP contribution in [-0.2, 0) is 6.54 Å². The second-order valence-electron chi connectivity index (χ2n) is 5.31. The predicted octanol–water partition coefficient (Wildman–Crippen LogP) is 2.05. The monoisotopic (exact) mass is 339 g/mol. The van der Waals surface area contributed by atoms with E-state index in [1.165, 1.54) is 14.2 Å². The largest absolute Gasteiger partial charge is 0.497 e. The van der Waals surface area contributed by atoms with Gasteiger partial charge in [0, 0.05) is 30.1 Å². The van der Waals surface area contributed by atoms with Crippen LogP contribution in [0.15, 0.2) is 52.2 Å². The van der Waals surface area contributed by atoms with Crippen molar-refractivity contribution in [2.75, 3.05) is 24.9 Å². The molecule has 0 aliphatic rings. The van der Waals surface area contributed by atoms with Crippen LogP contribution in [0.4, 0.5) is 17.1 Å².